The van der Waals surface area contributed by atoms with E-state index in [4.69, 9.17) is 0 Å². The topological polar surface area (TPSA) is 36.4 Å². The fraction of sp³-hybridized carbons (Fsp3) is 0.312. The fourth-order valence-electron chi connectivity index (χ4n) is 2.20. The number of aromatic nitrogens is 1. The number of pyridine rings is 1. The molecule has 0 saturated carbocycles. The van der Waals surface area contributed by atoms with Crippen LogP contribution >= 0.6 is 0 Å². The SMILES string of the molecule is CC(CN(C)c1cccc(F)c1)C(O)c1ccc(F)cn1. The predicted molar refractivity (Wildman–Crippen MR) is 78.0 cm³/mol. The standard InChI is InChI=1S/C16H18F2N2O/c1-11(16(21)15-7-6-13(18)9-19-15)10-20(2)14-5-3-4-12(17)8-14/h3-9,11,16,21H,10H2,1-2H3. The van der Waals surface area contributed by atoms with E-state index in [1.54, 1.807) is 12.1 Å². The zero-order valence-corrected chi connectivity index (χ0v) is 12.0. The van der Waals surface area contributed by atoms with Gasteiger partial charge in [-0.05, 0) is 30.3 Å². The lowest BCUT2D eigenvalue weighted by Crippen LogP contribution is -2.28. The lowest BCUT2D eigenvalue weighted by molar-refractivity contribution is 0.116. The largest absolute Gasteiger partial charge is 0.386 e. The number of hydrogen-bond donors (Lipinski definition) is 1. The van der Waals surface area contributed by atoms with E-state index in [1.807, 2.05) is 18.9 Å². The summed E-state index contributed by atoms with van der Waals surface area (Å²) in [6.45, 7) is 2.38. The van der Waals surface area contributed by atoms with Crippen LogP contribution in [0.2, 0.25) is 0 Å². The highest BCUT2D eigenvalue weighted by Gasteiger charge is 2.19. The molecule has 1 aromatic carbocycles. The molecule has 0 saturated heterocycles. The molecule has 1 aromatic heterocycles. The summed E-state index contributed by atoms with van der Waals surface area (Å²) in [6, 6.07) is 9.02. The van der Waals surface area contributed by atoms with Crippen LogP contribution in [-0.2, 0) is 0 Å². The van der Waals surface area contributed by atoms with E-state index in [-0.39, 0.29) is 11.7 Å². The molecule has 1 N–H and O–H groups in total. The number of rotatable bonds is 5. The third-order valence-corrected chi connectivity index (χ3v) is 3.40. The molecule has 21 heavy (non-hydrogen) atoms. The van der Waals surface area contributed by atoms with E-state index in [0.717, 1.165) is 11.9 Å². The minimum absolute atomic E-state index is 0.142. The average Bonchev–Trinajstić information content (AvgIpc) is 2.47. The van der Waals surface area contributed by atoms with Crippen molar-refractivity contribution in [3.05, 3.63) is 59.9 Å². The Hall–Kier alpha value is -2.01. The van der Waals surface area contributed by atoms with Crippen LogP contribution < -0.4 is 4.90 Å². The summed E-state index contributed by atoms with van der Waals surface area (Å²) < 4.78 is 26.0. The van der Waals surface area contributed by atoms with Gasteiger partial charge in [-0.1, -0.05) is 13.0 Å². The first-order valence-corrected chi connectivity index (χ1v) is 6.73. The molecule has 112 valence electrons. The minimum Gasteiger partial charge on any atom is -0.386 e. The monoisotopic (exact) mass is 292 g/mol. The molecule has 2 aromatic rings. The molecule has 2 unspecified atom stereocenters. The Morgan fingerprint density at radius 3 is 2.57 bits per heavy atom. The fourth-order valence-corrected chi connectivity index (χ4v) is 2.20. The Morgan fingerprint density at radius 1 is 1.19 bits per heavy atom. The van der Waals surface area contributed by atoms with Gasteiger partial charge in [0, 0.05) is 25.2 Å². The Kier molecular flexibility index (Phi) is 4.85. The first-order valence-electron chi connectivity index (χ1n) is 6.73. The molecule has 2 atom stereocenters. The highest BCUT2D eigenvalue weighted by molar-refractivity contribution is 5.45. The number of anilines is 1. The molecule has 0 amide bonds. The normalized spacial score (nSPS) is 13.8. The molecule has 1 heterocycles. The van der Waals surface area contributed by atoms with Gasteiger partial charge in [0.15, 0.2) is 0 Å². The van der Waals surface area contributed by atoms with Crippen LogP contribution in [0.1, 0.15) is 18.7 Å². The van der Waals surface area contributed by atoms with Gasteiger partial charge in [0.2, 0.25) is 0 Å². The van der Waals surface area contributed by atoms with E-state index < -0.39 is 11.9 Å². The van der Waals surface area contributed by atoms with Crippen molar-refractivity contribution in [2.75, 3.05) is 18.5 Å². The third kappa shape index (κ3) is 3.98. The number of aliphatic hydroxyl groups excluding tert-OH is 1. The molecule has 0 fully saturated rings. The van der Waals surface area contributed by atoms with Crippen molar-refractivity contribution in [1.82, 2.24) is 4.98 Å². The van der Waals surface area contributed by atoms with Crippen LogP contribution in [0.15, 0.2) is 42.6 Å². The smallest absolute Gasteiger partial charge is 0.141 e. The van der Waals surface area contributed by atoms with E-state index >= 15 is 0 Å². The maximum absolute atomic E-state index is 13.2. The summed E-state index contributed by atoms with van der Waals surface area (Å²) in [4.78, 5) is 5.75. The molecule has 0 radical (unpaired) electrons. The number of hydrogen-bond acceptors (Lipinski definition) is 3. The van der Waals surface area contributed by atoms with Crippen molar-refractivity contribution in [2.45, 2.75) is 13.0 Å². The quantitative estimate of drug-likeness (QED) is 0.919. The maximum atomic E-state index is 13.2. The number of aliphatic hydroxyl groups is 1. The van der Waals surface area contributed by atoms with Gasteiger partial charge in [-0.15, -0.1) is 0 Å². The second-order valence-electron chi connectivity index (χ2n) is 5.18. The zero-order valence-electron chi connectivity index (χ0n) is 12.0. The van der Waals surface area contributed by atoms with Gasteiger partial charge in [0.05, 0.1) is 11.9 Å². The van der Waals surface area contributed by atoms with Gasteiger partial charge < -0.3 is 10.0 Å². The maximum Gasteiger partial charge on any atom is 0.141 e. The Labute approximate surface area is 122 Å². The Bertz CT molecular complexity index is 589. The zero-order chi connectivity index (χ0) is 15.4. The molecule has 5 heteroatoms. The number of halogens is 2. The first kappa shape index (κ1) is 15.4. The van der Waals surface area contributed by atoms with Crippen molar-refractivity contribution in [3.8, 4) is 0 Å². The summed E-state index contributed by atoms with van der Waals surface area (Å²) in [7, 11) is 1.83. The highest BCUT2D eigenvalue weighted by atomic mass is 19.1. The van der Waals surface area contributed by atoms with Crippen LogP contribution in [0.25, 0.3) is 0 Å². The first-order chi connectivity index (χ1) is 9.97. The van der Waals surface area contributed by atoms with Crippen LogP contribution in [-0.4, -0.2) is 23.7 Å². The molecule has 0 aliphatic carbocycles. The van der Waals surface area contributed by atoms with Crippen molar-refractivity contribution >= 4 is 5.69 Å². The van der Waals surface area contributed by atoms with Gasteiger partial charge in [0.25, 0.3) is 0 Å². The van der Waals surface area contributed by atoms with E-state index in [0.29, 0.717) is 12.2 Å². The minimum atomic E-state index is -0.804. The van der Waals surface area contributed by atoms with Crippen molar-refractivity contribution in [2.24, 2.45) is 5.92 Å². The number of nitrogens with zero attached hydrogens (tertiary/aromatic N) is 2. The van der Waals surface area contributed by atoms with E-state index in [1.165, 1.54) is 24.3 Å². The van der Waals surface area contributed by atoms with Gasteiger partial charge in [-0.25, -0.2) is 8.78 Å². The predicted octanol–water partition coefficient (Wildman–Crippen LogP) is 3.17. The highest BCUT2D eigenvalue weighted by Crippen LogP contribution is 2.23. The van der Waals surface area contributed by atoms with Gasteiger partial charge in [0.1, 0.15) is 17.7 Å². The lowest BCUT2D eigenvalue weighted by atomic mass is 10.0. The van der Waals surface area contributed by atoms with Crippen molar-refractivity contribution < 1.29 is 13.9 Å². The van der Waals surface area contributed by atoms with Crippen LogP contribution in [0.4, 0.5) is 14.5 Å². The van der Waals surface area contributed by atoms with Crippen LogP contribution in [0, 0.1) is 17.6 Å². The lowest BCUT2D eigenvalue weighted by Gasteiger charge is -2.26. The molecule has 0 bridgehead atoms. The average molecular weight is 292 g/mol. The summed E-state index contributed by atoms with van der Waals surface area (Å²) in [6.07, 6.45) is 0.281. The summed E-state index contributed by atoms with van der Waals surface area (Å²) in [5, 5.41) is 10.2. The van der Waals surface area contributed by atoms with Gasteiger partial charge in [-0.3, -0.25) is 4.98 Å². The molecular formula is C16H18F2N2O. The molecule has 0 aliphatic heterocycles. The second kappa shape index (κ2) is 6.63. The van der Waals surface area contributed by atoms with Crippen molar-refractivity contribution in [3.63, 3.8) is 0 Å². The van der Waals surface area contributed by atoms with E-state index in [9.17, 15) is 13.9 Å². The summed E-state index contributed by atoms with van der Waals surface area (Å²) in [5.41, 5.74) is 1.16. The molecule has 3 nitrogen and oxygen atoms in total. The third-order valence-electron chi connectivity index (χ3n) is 3.40. The van der Waals surface area contributed by atoms with Crippen LogP contribution in [0.3, 0.4) is 0 Å². The van der Waals surface area contributed by atoms with Gasteiger partial charge >= 0.3 is 0 Å². The van der Waals surface area contributed by atoms with Crippen LogP contribution in [0.5, 0.6) is 0 Å². The second-order valence-corrected chi connectivity index (χ2v) is 5.18. The molecule has 0 spiro atoms. The van der Waals surface area contributed by atoms with Crippen molar-refractivity contribution in [1.29, 1.82) is 0 Å². The number of benzene rings is 1. The van der Waals surface area contributed by atoms with E-state index in [2.05, 4.69) is 4.98 Å². The Balaban J connectivity index is 2.03. The molecular weight excluding hydrogens is 274 g/mol. The molecule has 2 rings (SSSR count). The summed E-state index contributed by atoms with van der Waals surface area (Å²) >= 11 is 0. The summed E-state index contributed by atoms with van der Waals surface area (Å²) in [5.74, 6) is -0.875. The molecule has 0 aliphatic rings. The Morgan fingerprint density at radius 2 is 1.95 bits per heavy atom. The van der Waals surface area contributed by atoms with Gasteiger partial charge in [-0.2, -0.15) is 0 Å².